The quantitative estimate of drug-likeness (QED) is 0.749. The zero-order valence-electron chi connectivity index (χ0n) is 7.96. The van der Waals surface area contributed by atoms with Crippen LogP contribution in [0.2, 0.25) is 5.02 Å². The number of hydrogen-bond acceptors (Lipinski definition) is 2. The molecular weight excluding hydrogens is 219 g/mol. The number of halogens is 2. The van der Waals surface area contributed by atoms with E-state index in [4.69, 9.17) is 17.3 Å². The highest BCUT2D eigenvalue weighted by Gasteiger charge is 2.24. The molecule has 5 heteroatoms. The summed E-state index contributed by atoms with van der Waals surface area (Å²) in [7, 11) is 0. The van der Waals surface area contributed by atoms with Gasteiger partial charge >= 0.3 is 0 Å². The first kappa shape index (κ1) is 10.2. The van der Waals surface area contributed by atoms with E-state index >= 15 is 0 Å². The van der Waals surface area contributed by atoms with Crippen LogP contribution in [0.25, 0.3) is 0 Å². The van der Waals surface area contributed by atoms with E-state index < -0.39 is 5.82 Å². The van der Waals surface area contributed by atoms with Crippen LogP contribution in [0.4, 0.5) is 15.8 Å². The lowest BCUT2D eigenvalue weighted by Gasteiger charge is -2.18. The lowest BCUT2D eigenvalue weighted by atomic mass is 10.2. The Morgan fingerprint density at radius 2 is 2.20 bits per heavy atom. The summed E-state index contributed by atoms with van der Waals surface area (Å²) in [6, 6.07) is 2.54. The van der Waals surface area contributed by atoms with Gasteiger partial charge in [-0.05, 0) is 12.5 Å². The van der Waals surface area contributed by atoms with E-state index in [0.717, 1.165) is 12.5 Å². The van der Waals surface area contributed by atoms with Crippen molar-refractivity contribution in [2.45, 2.75) is 12.8 Å². The number of carbonyl (C=O) groups excluding carboxylic acids is 1. The molecule has 1 aromatic carbocycles. The molecule has 3 nitrogen and oxygen atoms in total. The molecule has 0 spiro atoms. The highest BCUT2D eigenvalue weighted by atomic mass is 35.5. The Kier molecular flexibility index (Phi) is 2.52. The molecule has 1 aliphatic rings. The van der Waals surface area contributed by atoms with Gasteiger partial charge in [0, 0.05) is 19.0 Å². The summed E-state index contributed by atoms with van der Waals surface area (Å²) in [5, 5.41) is -0.0149. The van der Waals surface area contributed by atoms with Gasteiger partial charge in [-0.25, -0.2) is 4.39 Å². The van der Waals surface area contributed by atoms with Crippen LogP contribution in [0.15, 0.2) is 12.1 Å². The van der Waals surface area contributed by atoms with Crippen LogP contribution in [-0.2, 0) is 4.79 Å². The summed E-state index contributed by atoms with van der Waals surface area (Å²) in [6.45, 7) is 0.616. The standard InChI is InChI=1S/C10H10ClFN2O/c11-6-4-9(8(13)5-7(6)12)14-3-1-2-10(14)15/h4-5H,1-3,13H2. The van der Waals surface area contributed by atoms with Crippen molar-refractivity contribution in [2.24, 2.45) is 0 Å². The smallest absolute Gasteiger partial charge is 0.227 e. The third-order valence-electron chi connectivity index (χ3n) is 2.43. The van der Waals surface area contributed by atoms with E-state index in [1.54, 1.807) is 4.90 Å². The molecule has 15 heavy (non-hydrogen) atoms. The van der Waals surface area contributed by atoms with E-state index in [2.05, 4.69) is 0 Å². The first-order valence-corrected chi connectivity index (χ1v) is 5.02. The van der Waals surface area contributed by atoms with E-state index in [0.29, 0.717) is 18.7 Å². The molecule has 1 fully saturated rings. The van der Waals surface area contributed by atoms with Crippen molar-refractivity contribution in [3.63, 3.8) is 0 Å². The van der Waals surface area contributed by atoms with Crippen LogP contribution in [0, 0.1) is 5.82 Å². The number of anilines is 2. The van der Waals surface area contributed by atoms with Crippen LogP contribution in [0.5, 0.6) is 0 Å². The maximum Gasteiger partial charge on any atom is 0.227 e. The van der Waals surface area contributed by atoms with E-state index in [1.165, 1.54) is 6.07 Å². The first-order valence-electron chi connectivity index (χ1n) is 4.64. The van der Waals surface area contributed by atoms with Crippen molar-refractivity contribution in [3.05, 3.63) is 23.0 Å². The van der Waals surface area contributed by atoms with Crippen molar-refractivity contribution < 1.29 is 9.18 Å². The predicted molar refractivity (Wildman–Crippen MR) is 57.4 cm³/mol. The molecule has 0 bridgehead atoms. The number of amides is 1. The van der Waals surface area contributed by atoms with Gasteiger partial charge in [-0.3, -0.25) is 4.79 Å². The van der Waals surface area contributed by atoms with Crippen LogP contribution in [-0.4, -0.2) is 12.5 Å². The van der Waals surface area contributed by atoms with Gasteiger partial charge in [0.05, 0.1) is 16.4 Å². The molecule has 0 atom stereocenters. The Morgan fingerprint density at radius 3 is 2.80 bits per heavy atom. The van der Waals surface area contributed by atoms with Gasteiger partial charge in [-0.15, -0.1) is 0 Å². The second kappa shape index (κ2) is 3.70. The molecule has 1 amide bonds. The van der Waals surface area contributed by atoms with Crippen LogP contribution >= 0.6 is 11.6 Å². The van der Waals surface area contributed by atoms with E-state index in [-0.39, 0.29) is 16.6 Å². The summed E-state index contributed by atoms with van der Waals surface area (Å²) in [6.07, 6.45) is 1.31. The topological polar surface area (TPSA) is 46.3 Å². The van der Waals surface area contributed by atoms with Gasteiger partial charge in [0.15, 0.2) is 0 Å². The molecule has 1 heterocycles. The molecule has 0 unspecified atom stereocenters. The molecule has 2 N–H and O–H groups in total. The number of nitrogen functional groups attached to an aromatic ring is 1. The average Bonchev–Trinajstić information content (AvgIpc) is 2.58. The molecule has 0 saturated carbocycles. The number of benzene rings is 1. The Labute approximate surface area is 91.6 Å². The summed E-state index contributed by atoms with van der Waals surface area (Å²) in [5.74, 6) is -0.561. The van der Waals surface area contributed by atoms with Crippen molar-refractivity contribution in [1.82, 2.24) is 0 Å². The van der Waals surface area contributed by atoms with Gasteiger partial charge in [0.25, 0.3) is 0 Å². The lowest BCUT2D eigenvalue weighted by Crippen LogP contribution is -2.24. The summed E-state index contributed by atoms with van der Waals surface area (Å²) >= 11 is 5.64. The molecule has 1 aliphatic heterocycles. The normalized spacial score (nSPS) is 16.1. The zero-order chi connectivity index (χ0) is 11.0. The van der Waals surface area contributed by atoms with Gasteiger partial charge in [-0.1, -0.05) is 11.6 Å². The molecular formula is C10H10ClFN2O. The number of rotatable bonds is 1. The second-order valence-corrected chi connectivity index (χ2v) is 3.88. The van der Waals surface area contributed by atoms with E-state index in [1.807, 2.05) is 0 Å². The fourth-order valence-corrected chi connectivity index (χ4v) is 1.85. The Balaban J connectivity index is 2.43. The van der Waals surface area contributed by atoms with Gasteiger partial charge in [-0.2, -0.15) is 0 Å². The third kappa shape index (κ3) is 1.77. The van der Waals surface area contributed by atoms with Crippen LogP contribution in [0.1, 0.15) is 12.8 Å². The van der Waals surface area contributed by atoms with Gasteiger partial charge < -0.3 is 10.6 Å². The molecule has 2 rings (SSSR count). The summed E-state index contributed by atoms with van der Waals surface area (Å²) in [4.78, 5) is 13.0. The molecule has 0 radical (unpaired) electrons. The fourth-order valence-electron chi connectivity index (χ4n) is 1.69. The monoisotopic (exact) mass is 228 g/mol. The summed E-state index contributed by atoms with van der Waals surface area (Å²) < 4.78 is 13.0. The first-order chi connectivity index (χ1) is 7.09. The summed E-state index contributed by atoms with van der Waals surface area (Å²) in [5.41, 5.74) is 6.39. The number of hydrogen-bond donors (Lipinski definition) is 1. The third-order valence-corrected chi connectivity index (χ3v) is 2.72. The minimum Gasteiger partial charge on any atom is -0.397 e. The number of nitrogens with zero attached hydrogens (tertiary/aromatic N) is 1. The molecule has 1 aromatic rings. The Bertz CT molecular complexity index is 422. The van der Waals surface area contributed by atoms with Crippen molar-refractivity contribution in [1.29, 1.82) is 0 Å². The molecule has 1 saturated heterocycles. The molecule has 0 aromatic heterocycles. The largest absolute Gasteiger partial charge is 0.397 e. The Hall–Kier alpha value is -1.29. The minimum absolute atomic E-state index is 0.00405. The van der Waals surface area contributed by atoms with Crippen molar-refractivity contribution in [3.8, 4) is 0 Å². The Morgan fingerprint density at radius 1 is 1.47 bits per heavy atom. The zero-order valence-corrected chi connectivity index (χ0v) is 8.72. The highest BCUT2D eigenvalue weighted by molar-refractivity contribution is 6.31. The molecule has 0 aliphatic carbocycles. The SMILES string of the molecule is Nc1cc(F)c(Cl)cc1N1CCCC1=O. The van der Waals surface area contributed by atoms with Crippen LogP contribution < -0.4 is 10.6 Å². The lowest BCUT2D eigenvalue weighted by molar-refractivity contribution is -0.117. The van der Waals surface area contributed by atoms with E-state index in [9.17, 15) is 9.18 Å². The number of nitrogens with two attached hydrogens (primary N) is 1. The molecule has 80 valence electrons. The predicted octanol–water partition coefficient (Wildman–Crippen LogP) is 2.19. The fraction of sp³-hybridized carbons (Fsp3) is 0.300. The highest BCUT2D eigenvalue weighted by Crippen LogP contribution is 2.31. The van der Waals surface area contributed by atoms with Gasteiger partial charge in [0.2, 0.25) is 5.91 Å². The minimum atomic E-state index is -0.565. The van der Waals surface area contributed by atoms with Gasteiger partial charge in [0.1, 0.15) is 5.82 Å². The second-order valence-electron chi connectivity index (χ2n) is 3.47. The van der Waals surface area contributed by atoms with Crippen molar-refractivity contribution >= 4 is 28.9 Å². The average molecular weight is 229 g/mol. The van der Waals surface area contributed by atoms with Crippen molar-refractivity contribution in [2.75, 3.05) is 17.2 Å². The number of carbonyl (C=O) groups is 1. The maximum atomic E-state index is 13.0. The van der Waals surface area contributed by atoms with Crippen LogP contribution in [0.3, 0.4) is 0 Å². The maximum absolute atomic E-state index is 13.0.